The molecule has 1 aromatic carbocycles. The molecular weight excluding hydrogens is 346 g/mol. The number of furan rings is 1. The molecular formula is C21H25NO5. The first-order valence-electron chi connectivity index (χ1n) is 8.71. The van der Waals surface area contributed by atoms with Crippen LogP contribution in [0.4, 0.5) is 0 Å². The topological polar surface area (TPSA) is 69.0 Å². The van der Waals surface area contributed by atoms with Crippen molar-refractivity contribution in [1.29, 1.82) is 0 Å². The summed E-state index contributed by atoms with van der Waals surface area (Å²) in [5.74, 6) is 2.05. The summed E-state index contributed by atoms with van der Waals surface area (Å²) < 4.78 is 16.6. The zero-order valence-electron chi connectivity index (χ0n) is 16.4. The first kappa shape index (κ1) is 20.3. The van der Waals surface area contributed by atoms with Gasteiger partial charge in [0.1, 0.15) is 11.5 Å². The number of hydrogen-bond acceptors (Lipinski definition) is 5. The maximum atomic E-state index is 12.3. The van der Waals surface area contributed by atoms with E-state index < -0.39 is 0 Å². The van der Waals surface area contributed by atoms with Gasteiger partial charge in [-0.3, -0.25) is 9.59 Å². The van der Waals surface area contributed by atoms with Gasteiger partial charge in [0.2, 0.25) is 0 Å². The van der Waals surface area contributed by atoms with E-state index in [0.717, 1.165) is 5.56 Å². The summed E-state index contributed by atoms with van der Waals surface area (Å²) in [5, 5.41) is 0. The lowest BCUT2D eigenvalue weighted by atomic mass is 10.1. The number of likely N-dealkylation sites (N-methyl/N-ethyl adjacent to an activating group) is 1. The van der Waals surface area contributed by atoms with Crippen molar-refractivity contribution in [2.75, 3.05) is 27.3 Å². The van der Waals surface area contributed by atoms with Crippen LogP contribution < -0.4 is 9.47 Å². The fourth-order valence-electron chi connectivity index (χ4n) is 2.42. The van der Waals surface area contributed by atoms with Gasteiger partial charge in [-0.1, -0.05) is 12.1 Å². The summed E-state index contributed by atoms with van der Waals surface area (Å²) in [6, 6.07) is 7.03. The lowest BCUT2D eigenvalue weighted by Gasteiger charge is -2.14. The number of nitrogens with zero attached hydrogens (tertiary/aromatic N) is 1. The molecule has 0 saturated heterocycles. The van der Waals surface area contributed by atoms with Crippen LogP contribution in [0.3, 0.4) is 0 Å². The average molecular weight is 371 g/mol. The van der Waals surface area contributed by atoms with E-state index in [2.05, 4.69) is 0 Å². The number of ether oxygens (including phenoxy) is 2. The van der Waals surface area contributed by atoms with Gasteiger partial charge in [0.15, 0.2) is 23.9 Å². The van der Waals surface area contributed by atoms with Crippen molar-refractivity contribution in [3.05, 3.63) is 53.0 Å². The highest BCUT2D eigenvalue weighted by molar-refractivity contribution is 6.07. The van der Waals surface area contributed by atoms with Gasteiger partial charge in [0.25, 0.3) is 5.91 Å². The Morgan fingerprint density at radius 1 is 1.11 bits per heavy atom. The van der Waals surface area contributed by atoms with E-state index in [1.165, 1.54) is 11.0 Å². The molecule has 1 heterocycles. The highest BCUT2D eigenvalue weighted by atomic mass is 16.5. The number of ketones is 1. The van der Waals surface area contributed by atoms with Crippen LogP contribution in [0.1, 0.15) is 34.4 Å². The summed E-state index contributed by atoms with van der Waals surface area (Å²) in [7, 11) is 3.34. The monoisotopic (exact) mass is 371 g/mol. The third-order valence-electron chi connectivity index (χ3n) is 3.85. The van der Waals surface area contributed by atoms with Crippen LogP contribution >= 0.6 is 0 Å². The normalized spacial score (nSPS) is 10.9. The van der Waals surface area contributed by atoms with Gasteiger partial charge in [-0.2, -0.15) is 0 Å². The summed E-state index contributed by atoms with van der Waals surface area (Å²) >= 11 is 0. The molecule has 6 heteroatoms. The van der Waals surface area contributed by atoms with E-state index in [9.17, 15) is 9.59 Å². The second kappa shape index (κ2) is 9.07. The van der Waals surface area contributed by atoms with Gasteiger partial charge in [-0.15, -0.1) is 0 Å². The van der Waals surface area contributed by atoms with Gasteiger partial charge in [-0.25, -0.2) is 0 Å². The minimum Gasteiger partial charge on any atom is -0.490 e. The molecule has 1 aromatic heterocycles. The van der Waals surface area contributed by atoms with Crippen LogP contribution in [-0.4, -0.2) is 43.9 Å². The van der Waals surface area contributed by atoms with E-state index in [-0.39, 0.29) is 18.3 Å². The van der Waals surface area contributed by atoms with Gasteiger partial charge in [-0.05, 0) is 50.6 Å². The SMILES string of the molecule is CCOc1cc(/C=C/C(=O)c2cc(C)oc2C)ccc1OCC(=O)N(C)C. The molecule has 27 heavy (non-hydrogen) atoms. The fourth-order valence-corrected chi connectivity index (χ4v) is 2.42. The molecule has 0 aliphatic rings. The van der Waals surface area contributed by atoms with E-state index in [0.29, 0.717) is 35.2 Å². The Kier molecular flexibility index (Phi) is 6.82. The Bertz CT molecular complexity index is 848. The molecule has 0 radical (unpaired) electrons. The molecule has 0 fully saturated rings. The van der Waals surface area contributed by atoms with E-state index >= 15 is 0 Å². The number of hydrogen-bond donors (Lipinski definition) is 0. The predicted molar refractivity (Wildman–Crippen MR) is 103 cm³/mol. The zero-order valence-corrected chi connectivity index (χ0v) is 16.4. The maximum absolute atomic E-state index is 12.3. The second-order valence-electron chi connectivity index (χ2n) is 6.24. The number of carbonyl (C=O) groups excluding carboxylic acids is 2. The molecule has 0 atom stereocenters. The van der Waals surface area contributed by atoms with Crippen molar-refractivity contribution in [3.63, 3.8) is 0 Å². The third kappa shape index (κ3) is 5.48. The lowest BCUT2D eigenvalue weighted by molar-refractivity contribution is -0.130. The molecule has 0 saturated carbocycles. The van der Waals surface area contributed by atoms with Crippen molar-refractivity contribution >= 4 is 17.8 Å². The number of benzene rings is 1. The second-order valence-corrected chi connectivity index (χ2v) is 6.24. The maximum Gasteiger partial charge on any atom is 0.259 e. The first-order valence-corrected chi connectivity index (χ1v) is 8.71. The average Bonchev–Trinajstić information content (AvgIpc) is 2.97. The van der Waals surface area contributed by atoms with Crippen molar-refractivity contribution < 1.29 is 23.5 Å². The van der Waals surface area contributed by atoms with E-state index in [1.807, 2.05) is 13.8 Å². The first-order chi connectivity index (χ1) is 12.8. The number of rotatable bonds is 8. The summed E-state index contributed by atoms with van der Waals surface area (Å²) in [6.07, 6.45) is 3.21. The van der Waals surface area contributed by atoms with Crippen LogP contribution in [0.5, 0.6) is 11.5 Å². The predicted octanol–water partition coefficient (Wildman–Crippen LogP) is 3.66. The Morgan fingerprint density at radius 3 is 2.44 bits per heavy atom. The van der Waals surface area contributed by atoms with Crippen LogP contribution in [0.15, 0.2) is 34.8 Å². The van der Waals surface area contributed by atoms with Gasteiger partial charge >= 0.3 is 0 Å². The Hall–Kier alpha value is -3.02. The highest BCUT2D eigenvalue weighted by Gasteiger charge is 2.12. The van der Waals surface area contributed by atoms with Crippen LogP contribution in [0.25, 0.3) is 6.08 Å². The molecule has 2 aromatic rings. The van der Waals surface area contributed by atoms with Crippen LogP contribution in [0, 0.1) is 13.8 Å². The summed E-state index contributed by atoms with van der Waals surface area (Å²) in [5.41, 5.74) is 1.34. The zero-order chi connectivity index (χ0) is 20.0. The molecule has 0 unspecified atom stereocenters. The summed E-state index contributed by atoms with van der Waals surface area (Å²) in [4.78, 5) is 25.5. The number of aryl methyl sites for hydroxylation is 2. The highest BCUT2D eigenvalue weighted by Crippen LogP contribution is 2.29. The van der Waals surface area contributed by atoms with Gasteiger partial charge in [0.05, 0.1) is 12.2 Å². The number of allylic oxidation sites excluding steroid dienone is 1. The van der Waals surface area contributed by atoms with Crippen LogP contribution in [0.2, 0.25) is 0 Å². The minimum atomic E-state index is -0.141. The van der Waals surface area contributed by atoms with Gasteiger partial charge < -0.3 is 18.8 Å². The Morgan fingerprint density at radius 2 is 1.85 bits per heavy atom. The molecule has 144 valence electrons. The van der Waals surface area contributed by atoms with Crippen molar-refractivity contribution in [2.45, 2.75) is 20.8 Å². The molecule has 0 N–H and O–H groups in total. The smallest absolute Gasteiger partial charge is 0.259 e. The minimum absolute atomic E-state index is 0.0696. The third-order valence-corrected chi connectivity index (χ3v) is 3.85. The molecule has 0 spiro atoms. The lowest BCUT2D eigenvalue weighted by Crippen LogP contribution is -2.27. The number of carbonyl (C=O) groups is 2. The molecule has 0 aliphatic heterocycles. The standard InChI is InChI=1S/C21H25NO5/c1-6-25-20-12-16(8-10-19(20)26-13-21(24)22(4)5)7-9-18(23)17-11-14(2)27-15(17)3/h7-12H,6,13H2,1-5H3/b9-7+. The van der Waals surface area contributed by atoms with Crippen molar-refractivity contribution in [3.8, 4) is 11.5 Å². The Labute approximate surface area is 159 Å². The van der Waals surface area contributed by atoms with Crippen LogP contribution in [-0.2, 0) is 4.79 Å². The van der Waals surface area contributed by atoms with Gasteiger partial charge in [0, 0.05) is 14.1 Å². The molecule has 6 nitrogen and oxygen atoms in total. The largest absolute Gasteiger partial charge is 0.490 e. The molecule has 1 amide bonds. The number of amides is 1. The molecule has 0 bridgehead atoms. The fraction of sp³-hybridized carbons (Fsp3) is 0.333. The van der Waals surface area contributed by atoms with Crippen molar-refractivity contribution in [2.24, 2.45) is 0 Å². The summed E-state index contributed by atoms with van der Waals surface area (Å²) in [6.45, 7) is 5.83. The van der Waals surface area contributed by atoms with Crippen molar-refractivity contribution in [1.82, 2.24) is 4.90 Å². The molecule has 0 aliphatic carbocycles. The molecule has 2 rings (SSSR count). The van der Waals surface area contributed by atoms with E-state index in [4.69, 9.17) is 13.9 Å². The quantitative estimate of drug-likeness (QED) is 0.523. The van der Waals surface area contributed by atoms with E-state index in [1.54, 1.807) is 51.4 Å². The Balaban J connectivity index is 2.15.